The van der Waals surface area contributed by atoms with Crippen molar-refractivity contribution in [1.82, 2.24) is 0 Å². The normalized spacial score (nSPS) is 50.1. The van der Waals surface area contributed by atoms with Crippen LogP contribution in [0.15, 0.2) is 0 Å². The van der Waals surface area contributed by atoms with E-state index in [1.54, 1.807) is 0 Å². The van der Waals surface area contributed by atoms with Gasteiger partial charge in [0.2, 0.25) is 0 Å². The van der Waals surface area contributed by atoms with Gasteiger partial charge in [0.1, 0.15) is 5.60 Å². The highest BCUT2D eigenvalue weighted by atomic mass is 16.6. The first kappa shape index (κ1) is 10.6. The first-order valence-electron chi connectivity index (χ1n) is 6.41. The van der Waals surface area contributed by atoms with Gasteiger partial charge in [0.15, 0.2) is 0 Å². The van der Waals surface area contributed by atoms with Crippen molar-refractivity contribution in [3.05, 3.63) is 0 Å². The Morgan fingerprint density at radius 1 is 1.19 bits per heavy atom. The highest BCUT2D eigenvalue weighted by Gasteiger charge is 2.54. The predicted molar refractivity (Wildman–Crippen MR) is 58.7 cm³/mol. The zero-order valence-corrected chi connectivity index (χ0v) is 9.87. The molecule has 2 unspecified atom stereocenters. The smallest absolute Gasteiger partial charge is 0.303 e. The van der Waals surface area contributed by atoms with E-state index in [1.165, 1.54) is 13.3 Å². The molecule has 4 aliphatic carbocycles. The van der Waals surface area contributed by atoms with Crippen LogP contribution in [0.5, 0.6) is 0 Å². The zero-order chi connectivity index (χ0) is 11.4. The maximum Gasteiger partial charge on any atom is 0.303 e. The van der Waals surface area contributed by atoms with Crippen LogP contribution in [0.2, 0.25) is 0 Å². The second kappa shape index (κ2) is 3.22. The summed E-state index contributed by atoms with van der Waals surface area (Å²) < 4.78 is 5.62. The number of hydrogen-bond acceptors (Lipinski definition) is 3. The van der Waals surface area contributed by atoms with Crippen LogP contribution in [0.4, 0.5) is 0 Å². The third kappa shape index (κ3) is 1.65. The molecule has 0 aromatic heterocycles. The number of carbonyl (C=O) groups is 1. The molecule has 3 nitrogen and oxygen atoms in total. The van der Waals surface area contributed by atoms with Gasteiger partial charge >= 0.3 is 5.97 Å². The van der Waals surface area contributed by atoms with Crippen LogP contribution in [-0.4, -0.2) is 22.3 Å². The first-order chi connectivity index (χ1) is 7.49. The number of esters is 1. The molecule has 4 aliphatic rings. The van der Waals surface area contributed by atoms with Gasteiger partial charge in [0, 0.05) is 6.92 Å². The Bertz CT molecular complexity index is 309. The largest absolute Gasteiger partial charge is 0.459 e. The Hall–Kier alpha value is -0.570. The van der Waals surface area contributed by atoms with Crippen molar-refractivity contribution < 1.29 is 14.6 Å². The molecule has 0 aliphatic heterocycles. The molecule has 4 atom stereocenters. The Labute approximate surface area is 96.2 Å². The molecule has 1 N–H and O–H groups in total. The molecule has 0 radical (unpaired) electrons. The van der Waals surface area contributed by atoms with Crippen LogP contribution in [0.3, 0.4) is 0 Å². The van der Waals surface area contributed by atoms with E-state index in [0.717, 1.165) is 38.5 Å². The van der Waals surface area contributed by atoms with Crippen molar-refractivity contribution in [3.63, 3.8) is 0 Å². The number of carbonyl (C=O) groups excluding carboxylic acids is 1. The summed E-state index contributed by atoms with van der Waals surface area (Å²) in [6.45, 7) is 1.50. The average Bonchev–Trinajstić information content (AvgIpc) is 2.25. The van der Waals surface area contributed by atoms with Crippen molar-refractivity contribution in [3.8, 4) is 0 Å². The lowest BCUT2D eigenvalue weighted by Gasteiger charge is -2.46. The minimum Gasteiger partial charge on any atom is -0.459 e. The summed E-state index contributed by atoms with van der Waals surface area (Å²) in [6.07, 6.45) is 6.70. The zero-order valence-electron chi connectivity index (χ0n) is 9.87. The van der Waals surface area contributed by atoms with Crippen molar-refractivity contribution in [2.75, 3.05) is 0 Å². The van der Waals surface area contributed by atoms with Gasteiger partial charge in [-0.3, -0.25) is 4.79 Å². The molecule has 0 amide bonds. The van der Waals surface area contributed by atoms with E-state index in [1.807, 2.05) is 0 Å². The van der Waals surface area contributed by atoms with Gasteiger partial charge in [0.25, 0.3) is 0 Å². The molecule has 4 rings (SSSR count). The highest BCUT2D eigenvalue weighted by Crippen LogP contribution is 2.55. The van der Waals surface area contributed by atoms with E-state index >= 15 is 0 Å². The third-order valence-corrected chi connectivity index (χ3v) is 4.73. The molecular formula is C13H20O3. The molecule has 90 valence electrons. The summed E-state index contributed by atoms with van der Waals surface area (Å²) in [5, 5.41) is 10.5. The van der Waals surface area contributed by atoms with Gasteiger partial charge in [0.05, 0.1) is 5.60 Å². The van der Waals surface area contributed by atoms with Crippen molar-refractivity contribution in [1.29, 1.82) is 0 Å². The van der Waals surface area contributed by atoms with Crippen molar-refractivity contribution in [2.45, 2.75) is 63.1 Å². The fourth-order valence-electron chi connectivity index (χ4n) is 4.55. The van der Waals surface area contributed by atoms with E-state index < -0.39 is 5.60 Å². The number of ether oxygens (including phenoxy) is 1. The van der Waals surface area contributed by atoms with E-state index in [-0.39, 0.29) is 11.6 Å². The minimum atomic E-state index is -0.452. The molecule has 4 fully saturated rings. The third-order valence-electron chi connectivity index (χ3n) is 4.73. The minimum absolute atomic E-state index is 0.160. The number of fused-ring (bicyclic) bond motifs is 1. The quantitative estimate of drug-likeness (QED) is 0.693. The highest BCUT2D eigenvalue weighted by molar-refractivity contribution is 5.66. The summed E-state index contributed by atoms with van der Waals surface area (Å²) in [5.41, 5.74) is -0.688. The van der Waals surface area contributed by atoms with Crippen LogP contribution in [-0.2, 0) is 9.53 Å². The predicted octanol–water partition coefficient (Wildman–Crippen LogP) is 2.02. The van der Waals surface area contributed by atoms with Gasteiger partial charge in [-0.1, -0.05) is 0 Å². The molecule has 0 aromatic rings. The Balaban J connectivity index is 1.90. The first-order valence-corrected chi connectivity index (χ1v) is 6.41. The molecule has 0 heterocycles. The summed E-state index contributed by atoms with van der Waals surface area (Å²) >= 11 is 0. The fraction of sp³-hybridized carbons (Fsp3) is 0.923. The number of aliphatic hydroxyl groups is 1. The summed E-state index contributed by atoms with van der Waals surface area (Å²) in [5.74, 6) is 0.977. The Kier molecular flexibility index (Phi) is 2.13. The molecule has 16 heavy (non-hydrogen) atoms. The molecule has 0 saturated heterocycles. The number of hydrogen-bond donors (Lipinski definition) is 1. The lowest BCUT2D eigenvalue weighted by molar-refractivity contribution is -0.165. The second-order valence-electron chi connectivity index (χ2n) is 6.29. The lowest BCUT2D eigenvalue weighted by Crippen LogP contribution is -2.44. The lowest BCUT2D eigenvalue weighted by atomic mass is 9.65. The van der Waals surface area contributed by atoms with Crippen LogP contribution in [0.1, 0.15) is 51.9 Å². The van der Waals surface area contributed by atoms with Crippen molar-refractivity contribution >= 4 is 5.97 Å². The Morgan fingerprint density at radius 2 is 1.81 bits per heavy atom. The number of rotatable bonds is 1. The van der Waals surface area contributed by atoms with Gasteiger partial charge in [-0.05, 0) is 56.8 Å². The molecule has 0 spiro atoms. The molecular weight excluding hydrogens is 204 g/mol. The van der Waals surface area contributed by atoms with E-state index in [0.29, 0.717) is 11.8 Å². The summed E-state index contributed by atoms with van der Waals surface area (Å²) in [4.78, 5) is 11.2. The van der Waals surface area contributed by atoms with Crippen LogP contribution < -0.4 is 0 Å². The molecule has 4 saturated carbocycles. The Morgan fingerprint density at radius 3 is 2.38 bits per heavy atom. The van der Waals surface area contributed by atoms with Gasteiger partial charge in [-0.15, -0.1) is 0 Å². The van der Waals surface area contributed by atoms with E-state index in [2.05, 4.69) is 0 Å². The monoisotopic (exact) mass is 224 g/mol. The molecule has 4 bridgehead atoms. The van der Waals surface area contributed by atoms with E-state index in [9.17, 15) is 9.90 Å². The summed E-state index contributed by atoms with van der Waals surface area (Å²) in [6, 6.07) is 0. The van der Waals surface area contributed by atoms with E-state index in [4.69, 9.17) is 4.74 Å². The van der Waals surface area contributed by atoms with Crippen LogP contribution in [0.25, 0.3) is 0 Å². The molecule has 0 aromatic carbocycles. The standard InChI is InChI=1S/C13H20O3/c1-9(14)16-13-3-2-12(15)5-10(7-13)4-11(6-12)8-13/h10-11,15H,2-8H2,1H3/t10-,11+,12?,13?. The second-order valence-corrected chi connectivity index (χ2v) is 6.29. The SMILES string of the molecule is CC(=O)OC12CCC3(O)C[C@@H](C[C@@H](C3)C1)C2. The fourth-order valence-corrected chi connectivity index (χ4v) is 4.55. The maximum atomic E-state index is 11.2. The average molecular weight is 224 g/mol. The van der Waals surface area contributed by atoms with Crippen molar-refractivity contribution in [2.24, 2.45) is 11.8 Å². The van der Waals surface area contributed by atoms with Crippen LogP contribution in [0, 0.1) is 11.8 Å². The van der Waals surface area contributed by atoms with Gasteiger partial charge < -0.3 is 9.84 Å². The maximum absolute atomic E-state index is 11.2. The van der Waals surface area contributed by atoms with Crippen LogP contribution >= 0.6 is 0 Å². The van der Waals surface area contributed by atoms with Gasteiger partial charge in [-0.2, -0.15) is 0 Å². The topological polar surface area (TPSA) is 46.5 Å². The summed E-state index contributed by atoms with van der Waals surface area (Å²) in [7, 11) is 0. The molecule has 3 heteroatoms. The van der Waals surface area contributed by atoms with Gasteiger partial charge in [-0.25, -0.2) is 0 Å².